The zero-order valence-electron chi connectivity index (χ0n) is 11.3. The molecule has 0 heterocycles. The number of nitrogens with zero attached hydrogens (tertiary/aromatic N) is 1. The SMILES string of the molecule is CC(C)N(C)CCNCCOC(C)(C)C. The van der Waals surface area contributed by atoms with Crippen molar-refractivity contribution in [2.45, 2.75) is 46.3 Å². The van der Waals surface area contributed by atoms with E-state index in [0.717, 1.165) is 26.2 Å². The van der Waals surface area contributed by atoms with Crippen LogP contribution in [-0.4, -0.2) is 49.8 Å². The van der Waals surface area contributed by atoms with Crippen LogP contribution in [0.25, 0.3) is 0 Å². The Kier molecular flexibility index (Phi) is 7.14. The number of hydrogen-bond acceptors (Lipinski definition) is 3. The zero-order valence-corrected chi connectivity index (χ0v) is 11.3. The number of likely N-dealkylation sites (N-methyl/N-ethyl adjacent to an activating group) is 1. The first-order valence-electron chi connectivity index (χ1n) is 5.88. The molecule has 0 aromatic rings. The Morgan fingerprint density at radius 3 is 2.27 bits per heavy atom. The van der Waals surface area contributed by atoms with Crippen LogP contribution in [0.15, 0.2) is 0 Å². The Bertz CT molecular complexity index is 152. The van der Waals surface area contributed by atoms with Gasteiger partial charge in [0, 0.05) is 25.7 Å². The highest BCUT2D eigenvalue weighted by molar-refractivity contribution is 4.61. The van der Waals surface area contributed by atoms with Gasteiger partial charge in [-0.25, -0.2) is 0 Å². The van der Waals surface area contributed by atoms with Crippen molar-refractivity contribution < 1.29 is 4.74 Å². The minimum absolute atomic E-state index is 0.0175. The standard InChI is InChI=1S/C12H28N2O/c1-11(2)14(6)9-7-13-8-10-15-12(3,4)5/h11,13H,7-10H2,1-6H3. The van der Waals surface area contributed by atoms with Gasteiger partial charge >= 0.3 is 0 Å². The van der Waals surface area contributed by atoms with E-state index in [1.54, 1.807) is 0 Å². The molecule has 0 unspecified atom stereocenters. The average Bonchev–Trinajstić information content (AvgIpc) is 2.08. The molecule has 0 bridgehead atoms. The lowest BCUT2D eigenvalue weighted by Crippen LogP contribution is -2.35. The van der Waals surface area contributed by atoms with Gasteiger partial charge in [0.1, 0.15) is 0 Å². The van der Waals surface area contributed by atoms with Crippen molar-refractivity contribution in [3.05, 3.63) is 0 Å². The normalized spacial score (nSPS) is 12.8. The second-order valence-corrected chi connectivity index (χ2v) is 5.29. The largest absolute Gasteiger partial charge is 0.375 e. The maximum absolute atomic E-state index is 5.61. The monoisotopic (exact) mass is 216 g/mol. The fourth-order valence-electron chi connectivity index (χ4n) is 1.07. The molecule has 3 nitrogen and oxygen atoms in total. The Morgan fingerprint density at radius 2 is 1.80 bits per heavy atom. The quantitative estimate of drug-likeness (QED) is 0.656. The molecule has 0 aliphatic rings. The molecule has 92 valence electrons. The Labute approximate surface area is 95.2 Å². The highest BCUT2D eigenvalue weighted by Crippen LogP contribution is 2.04. The third-order valence-electron chi connectivity index (χ3n) is 2.34. The molecule has 0 aromatic heterocycles. The van der Waals surface area contributed by atoms with E-state index in [2.05, 4.69) is 51.9 Å². The van der Waals surface area contributed by atoms with Crippen molar-refractivity contribution in [2.75, 3.05) is 33.3 Å². The topological polar surface area (TPSA) is 24.5 Å². The smallest absolute Gasteiger partial charge is 0.0599 e. The lowest BCUT2D eigenvalue weighted by molar-refractivity contribution is -0.000878. The molecule has 0 fully saturated rings. The van der Waals surface area contributed by atoms with Gasteiger partial charge in [-0.15, -0.1) is 0 Å². The Balaban J connectivity index is 3.26. The van der Waals surface area contributed by atoms with Gasteiger partial charge in [-0.05, 0) is 41.7 Å². The molecule has 3 heteroatoms. The third-order valence-corrected chi connectivity index (χ3v) is 2.34. The number of hydrogen-bond donors (Lipinski definition) is 1. The summed E-state index contributed by atoms with van der Waals surface area (Å²) >= 11 is 0. The van der Waals surface area contributed by atoms with E-state index >= 15 is 0 Å². The molecule has 0 spiro atoms. The second-order valence-electron chi connectivity index (χ2n) is 5.29. The molecule has 0 radical (unpaired) electrons. The minimum atomic E-state index is -0.0175. The molecule has 0 aliphatic carbocycles. The van der Waals surface area contributed by atoms with Crippen molar-refractivity contribution in [3.63, 3.8) is 0 Å². The molecule has 0 aromatic carbocycles. The van der Waals surface area contributed by atoms with Crippen LogP contribution in [0.4, 0.5) is 0 Å². The van der Waals surface area contributed by atoms with Crippen LogP contribution in [0, 0.1) is 0 Å². The summed E-state index contributed by atoms with van der Waals surface area (Å²) in [5, 5.41) is 3.38. The molecule has 15 heavy (non-hydrogen) atoms. The summed E-state index contributed by atoms with van der Waals surface area (Å²) in [5.74, 6) is 0. The maximum atomic E-state index is 5.61. The summed E-state index contributed by atoms with van der Waals surface area (Å²) in [6, 6.07) is 0.623. The molecule has 0 amide bonds. The van der Waals surface area contributed by atoms with Crippen LogP contribution < -0.4 is 5.32 Å². The van der Waals surface area contributed by atoms with E-state index in [-0.39, 0.29) is 5.60 Å². The molecular weight excluding hydrogens is 188 g/mol. The van der Waals surface area contributed by atoms with E-state index in [1.807, 2.05) is 0 Å². The van der Waals surface area contributed by atoms with Crippen LogP contribution in [0.2, 0.25) is 0 Å². The van der Waals surface area contributed by atoms with Crippen molar-refractivity contribution in [2.24, 2.45) is 0 Å². The van der Waals surface area contributed by atoms with Gasteiger partial charge in [-0.2, -0.15) is 0 Å². The lowest BCUT2D eigenvalue weighted by Gasteiger charge is -2.22. The minimum Gasteiger partial charge on any atom is -0.375 e. The van der Waals surface area contributed by atoms with Gasteiger partial charge in [0.15, 0.2) is 0 Å². The Morgan fingerprint density at radius 1 is 1.20 bits per heavy atom. The molecule has 0 aliphatic heterocycles. The molecule has 0 rings (SSSR count). The van der Waals surface area contributed by atoms with Gasteiger partial charge < -0.3 is 15.0 Å². The van der Waals surface area contributed by atoms with E-state index in [9.17, 15) is 0 Å². The molecule has 1 N–H and O–H groups in total. The predicted octanol–water partition coefficient (Wildman–Crippen LogP) is 1.73. The second kappa shape index (κ2) is 7.20. The number of rotatable bonds is 7. The first-order valence-corrected chi connectivity index (χ1v) is 5.88. The van der Waals surface area contributed by atoms with Crippen LogP contribution in [0.1, 0.15) is 34.6 Å². The Hall–Kier alpha value is -0.120. The molecule has 0 atom stereocenters. The predicted molar refractivity (Wildman–Crippen MR) is 66.3 cm³/mol. The van der Waals surface area contributed by atoms with E-state index in [0.29, 0.717) is 6.04 Å². The molecule has 0 saturated carbocycles. The van der Waals surface area contributed by atoms with Crippen molar-refractivity contribution in [1.82, 2.24) is 10.2 Å². The van der Waals surface area contributed by atoms with Crippen LogP contribution >= 0.6 is 0 Å². The number of ether oxygens (including phenoxy) is 1. The zero-order chi connectivity index (χ0) is 11.9. The van der Waals surface area contributed by atoms with Crippen LogP contribution in [-0.2, 0) is 4.74 Å². The van der Waals surface area contributed by atoms with Gasteiger partial charge in [0.2, 0.25) is 0 Å². The summed E-state index contributed by atoms with van der Waals surface area (Å²) in [7, 11) is 2.15. The van der Waals surface area contributed by atoms with Crippen molar-refractivity contribution >= 4 is 0 Å². The van der Waals surface area contributed by atoms with Gasteiger partial charge in [0.05, 0.1) is 12.2 Å². The fourth-order valence-corrected chi connectivity index (χ4v) is 1.07. The van der Waals surface area contributed by atoms with Crippen molar-refractivity contribution in [1.29, 1.82) is 0 Å². The van der Waals surface area contributed by atoms with Crippen LogP contribution in [0.5, 0.6) is 0 Å². The highest BCUT2D eigenvalue weighted by atomic mass is 16.5. The van der Waals surface area contributed by atoms with Crippen molar-refractivity contribution in [3.8, 4) is 0 Å². The third kappa shape index (κ3) is 10.2. The first kappa shape index (κ1) is 14.9. The molecular formula is C12H28N2O. The van der Waals surface area contributed by atoms with E-state index in [4.69, 9.17) is 4.74 Å². The van der Waals surface area contributed by atoms with Gasteiger partial charge in [-0.1, -0.05) is 0 Å². The van der Waals surface area contributed by atoms with Gasteiger partial charge in [-0.3, -0.25) is 0 Å². The maximum Gasteiger partial charge on any atom is 0.0599 e. The first-order chi connectivity index (χ1) is 6.83. The average molecular weight is 216 g/mol. The summed E-state index contributed by atoms with van der Waals surface area (Å²) in [6.07, 6.45) is 0. The summed E-state index contributed by atoms with van der Waals surface area (Å²) in [5.41, 5.74) is -0.0175. The van der Waals surface area contributed by atoms with E-state index < -0.39 is 0 Å². The summed E-state index contributed by atoms with van der Waals surface area (Å²) in [4.78, 5) is 2.33. The van der Waals surface area contributed by atoms with E-state index in [1.165, 1.54) is 0 Å². The fraction of sp³-hybridized carbons (Fsp3) is 1.00. The van der Waals surface area contributed by atoms with Gasteiger partial charge in [0.25, 0.3) is 0 Å². The highest BCUT2D eigenvalue weighted by Gasteiger charge is 2.08. The molecule has 0 saturated heterocycles. The lowest BCUT2D eigenvalue weighted by atomic mass is 10.2. The summed E-state index contributed by atoms with van der Waals surface area (Å²) < 4.78 is 5.61. The number of nitrogens with one attached hydrogen (secondary N) is 1. The van der Waals surface area contributed by atoms with Crippen LogP contribution in [0.3, 0.4) is 0 Å². The summed E-state index contributed by atoms with van der Waals surface area (Å²) in [6.45, 7) is 14.5.